The van der Waals surface area contributed by atoms with Gasteiger partial charge in [-0.05, 0) is 58.7 Å². The van der Waals surface area contributed by atoms with E-state index in [1.165, 1.54) is 22.3 Å². The highest BCUT2D eigenvalue weighted by molar-refractivity contribution is 6.06. The van der Waals surface area contributed by atoms with Crippen molar-refractivity contribution < 1.29 is 4.42 Å². The van der Waals surface area contributed by atoms with Gasteiger partial charge in [0.2, 0.25) is 0 Å². The lowest BCUT2D eigenvalue weighted by molar-refractivity contribution is 0.660. The Kier molecular flexibility index (Phi) is 3.25. The molecular formula is C27H21NO. The molecule has 140 valence electrons. The van der Waals surface area contributed by atoms with Gasteiger partial charge in [0.15, 0.2) is 0 Å². The molecule has 2 nitrogen and oxygen atoms in total. The van der Waals surface area contributed by atoms with Crippen LogP contribution in [0.15, 0.2) is 89.3 Å². The molecule has 29 heavy (non-hydrogen) atoms. The van der Waals surface area contributed by atoms with Crippen molar-refractivity contribution in [3.8, 4) is 11.1 Å². The maximum Gasteiger partial charge on any atom is 0.135 e. The van der Waals surface area contributed by atoms with Crippen molar-refractivity contribution in [1.29, 1.82) is 0 Å². The summed E-state index contributed by atoms with van der Waals surface area (Å²) < 4.78 is 5.95. The normalized spacial score (nSPS) is 14.1. The predicted octanol–water partition coefficient (Wildman–Crippen LogP) is 7.64. The third kappa shape index (κ3) is 2.35. The standard InChI is InChI=1S/C27H21NO/c1-27(2)23-9-5-3-7-19(23)20-13-11-18(16-24(20)27)28-17-12-14-26-22(15-17)21-8-4-6-10-25(21)29-26/h3-16,28H,1-2H3. The number of nitrogens with one attached hydrogen (secondary N) is 1. The number of para-hydroxylation sites is 1. The van der Waals surface area contributed by atoms with Crippen LogP contribution in [0.5, 0.6) is 0 Å². The summed E-state index contributed by atoms with van der Waals surface area (Å²) in [5, 5.41) is 5.89. The number of anilines is 2. The molecule has 0 amide bonds. The third-order valence-electron chi connectivity index (χ3n) is 6.25. The van der Waals surface area contributed by atoms with Crippen LogP contribution in [0.3, 0.4) is 0 Å². The fourth-order valence-corrected chi connectivity index (χ4v) is 4.75. The molecule has 1 heterocycles. The van der Waals surface area contributed by atoms with Crippen molar-refractivity contribution in [2.24, 2.45) is 0 Å². The van der Waals surface area contributed by atoms with E-state index in [1.807, 2.05) is 18.2 Å². The summed E-state index contributed by atoms with van der Waals surface area (Å²) in [6, 6.07) is 30.0. The summed E-state index contributed by atoms with van der Waals surface area (Å²) in [7, 11) is 0. The lowest BCUT2D eigenvalue weighted by Gasteiger charge is -2.22. The fraction of sp³-hybridized carbons (Fsp3) is 0.111. The van der Waals surface area contributed by atoms with Gasteiger partial charge in [-0.3, -0.25) is 0 Å². The topological polar surface area (TPSA) is 25.2 Å². The minimum Gasteiger partial charge on any atom is -0.456 e. The summed E-state index contributed by atoms with van der Waals surface area (Å²) >= 11 is 0. The first-order chi connectivity index (χ1) is 14.1. The molecule has 0 fully saturated rings. The Morgan fingerprint density at radius 3 is 2.24 bits per heavy atom. The van der Waals surface area contributed by atoms with Crippen molar-refractivity contribution in [1.82, 2.24) is 0 Å². The van der Waals surface area contributed by atoms with Gasteiger partial charge in [-0.2, -0.15) is 0 Å². The van der Waals surface area contributed by atoms with Gasteiger partial charge in [0, 0.05) is 27.6 Å². The van der Waals surface area contributed by atoms with Gasteiger partial charge in [0.05, 0.1) is 0 Å². The number of furan rings is 1. The third-order valence-corrected chi connectivity index (χ3v) is 6.25. The van der Waals surface area contributed by atoms with Crippen LogP contribution in [-0.4, -0.2) is 0 Å². The highest BCUT2D eigenvalue weighted by Gasteiger charge is 2.35. The molecule has 0 saturated carbocycles. The summed E-state index contributed by atoms with van der Waals surface area (Å²) in [6.07, 6.45) is 0. The Morgan fingerprint density at radius 1 is 0.621 bits per heavy atom. The van der Waals surface area contributed by atoms with E-state index in [0.29, 0.717) is 0 Å². The van der Waals surface area contributed by atoms with E-state index in [1.54, 1.807) is 0 Å². The van der Waals surface area contributed by atoms with Crippen LogP contribution in [0.25, 0.3) is 33.1 Å². The number of rotatable bonds is 2. The van der Waals surface area contributed by atoms with Crippen LogP contribution in [0.2, 0.25) is 0 Å². The summed E-state index contributed by atoms with van der Waals surface area (Å²) in [5.74, 6) is 0. The smallest absolute Gasteiger partial charge is 0.135 e. The van der Waals surface area contributed by atoms with E-state index in [2.05, 4.69) is 85.9 Å². The van der Waals surface area contributed by atoms with Crippen molar-refractivity contribution in [2.75, 3.05) is 5.32 Å². The molecule has 0 spiro atoms. The van der Waals surface area contributed by atoms with Crippen molar-refractivity contribution in [3.05, 3.63) is 96.1 Å². The van der Waals surface area contributed by atoms with Gasteiger partial charge in [-0.25, -0.2) is 0 Å². The largest absolute Gasteiger partial charge is 0.456 e. The maximum absolute atomic E-state index is 5.95. The first-order valence-corrected chi connectivity index (χ1v) is 10.0. The highest BCUT2D eigenvalue weighted by atomic mass is 16.3. The Balaban J connectivity index is 1.42. The molecule has 4 aromatic carbocycles. The van der Waals surface area contributed by atoms with Gasteiger partial charge in [-0.15, -0.1) is 0 Å². The lowest BCUT2D eigenvalue weighted by atomic mass is 9.82. The van der Waals surface area contributed by atoms with Gasteiger partial charge in [-0.1, -0.05) is 62.4 Å². The van der Waals surface area contributed by atoms with Crippen LogP contribution in [-0.2, 0) is 5.41 Å². The van der Waals surface area contributed by atoms with E-state index in [9.17, 15) is 0 Å². The van der Waals surface area contributed by atoms with Crippen LogP contribution in [0.1, 0.15) is 25.0 Å². The van der Waals surface area contributed by atoms with Crippen molar-refractivity contribution >= 4 is 33.3 Å². The lowest BCUT2D eigenvalue weighted by Crippen LogP contribution is -2.15. The molecule has 0 atom stereocenters. The average Bonchev–Trinajstić information content (AvgIpc) is 3.21. The minimum atomic E-state index is 0.00827. The molecular weight excluding hydrogens is 354 g/mol. The second kappa shape index (κ2) is 5.74. The van der Waals surface area contributed by atoms with E-state index in [0.717, 1.165) is 33.3 Å². The zero-order chi connectivity index (χ0) is 19.6. The molecule has 6 rings (SSSR count). The number of hydrogen-bond donors (Lipinski definition) is 1. The quantitative estimate of drug-likeness (QED) is 0.343. The molecule has 0 unspecified atom stereocenters. The molecule has 1 aliphatic carbocycles. The van der Waals surface area contributed by atoms with Crippen LogP contribution < -0.4 is 5.32 Å². The molecule has 0 bridgehead atoms. The van der Waals surface area contributed by atoms with Gasteiger partial charge >= 0.3 is 0 Å². The van der Waals surface area contributed by atoms with Crippen LogP contribution in [0, 0.1) is 0 Å². The van der Waals surface area contributed by atoms with E-state index in [-0.39, 0.29) is 5.41 Å². The Labute approximate surface area is 169 Å². The molecule has 0 aliphatic heterocycles. The molecule has 0 radical (unpaired) electrons. The van der Waals surface area contributed by atoms with E-state index in [4.69, 9.17) is 4.42 Å². The first-order valence-electron chi connectivity index (χ1n) is 10.0. The van der Waals surface area contributed by atoms with Gasteiger partial charge in [0.25, 0.3) is 0 Å². The number of fused-ring (bicyclic) bond motifs is 6. The maximum atomic E-state index is 5.95. The van der Waals surface area contributed by atoms with Crippen molar-refractivity contribution in [2.45, 2.75) is 19.3 Å². The predicted molar refractivity (Wildman–Crippen MR) is 121 cm³/mol. The Hall–Kier alpha value is -3.52. The average molecular weight is 375 g/mol. The van der Waals surface area contributed by atoms with E-state index < -0.39 is 0 Å². The first kappa shape index (κ1) is 16.4. The second-order valence-electron chi connectivity index (χ2n) is 8.37. The highest BCUT2D eigenvalue weighted by Crippen LogP contribution is 2.49. The molecule has 2 heteroatoms. The second-order valence-corrected chi connectivity index (χ2v) is 8.37. The fourth-order valence-electron chi connectivity index (χ4n) is 4.75. The van der Waals surface area contributed by atoms with Gasteiger partial charge in [0.1, 0.15) is 11.2 Å². The SMILES string of the molecule is CC1(C)c2ccccc2-c2ccc(Nc3ccc4oc5ccccc5c4c3)cc21. The zero-order valence-corrected chi connectivity index (χ0v) is 16.5. The number of benzene rings is 4. The zero-order valence-electron chi connectivity index (χ0n) is 16.5. The van der Waals surface area contributed by atoms with Crippen LogP contribution >= 0.6 is 0 Å². The summed E-state index contributed by atoms with van der Waals surface area (Å²) in [5.41, 5.74) is 9.50. The van der Waals surface area contributed by atoms with Crippen molar-refractivity contribution in [3.63, 3.8) is 0 Å². The van der Waals surface area contributed by atoms with Gasteiger partial charge < -0.3 is 9.73 Å². The summed E-state index contributed by atoms with van der Waals surface area (Å²) in [4.78, 5) is 0. The molecule has 0 saturated heterocycles. The molecule has 1 aromatic heterocycles. The minimum absolute atomic E-state index is 0.00827. The monoisotopic (exact) mass is 375 g/mol. The Morgan fingerprint density at radius 2 is 1.31 bits per heavy atom. The summed E-state index contributed by atoms with van der Waals surface area (Å²) in [6.45, 7) is 4.62. The Bertz CT molecular complexity index is 1410. The van der Waals surface area contributed by atoms with E-state index >= 15 is 0 Å². The van der Waals surface area contributed by atoms with Crippen LogP contribution in [0.4, 0.5) is 11.4 Å². The molecule has 5 aromatic rings. The molecule has 1 aliphatic rings. The molecule has 1 N–H and O–H groups in total. The number of hydrogen-bond acceptors (Lipinski definition) is 2.